The lowest BCUT2D eigenvalue weighted by Crippen LogP contribution is -2.26. The number of nitrogens with zero attached hydrogens (tertiary/aromatic N) is 3. The van der Waals surface area contributed by atoms with Crippen LogP contribution in [0.2, 0.25) is 0 Å². The Morgan fingerprint density at radius 3 is 2.89 bits per heavy atom. The van der Waals surface area contributed by atoms with E-state index in [1.807, 2.05) is 13.0 Å². The average Bonchev–Trinajstić information content (AvgIpc) is 2.52. The van der Waals surface area contributed by atoms with E-state index in [0.29, 0.717) is 23.7 Å². The van der Waals surface area contributed by atoms with E-state index in [2.05, 4.69) is 14.7 Å². The molecule has 0 spiro atoms. The number of hydrogen-bond donors (Lipinski definition) is 2. The fraction of sp³-hybridized carbons (Fsp3) is 0.400. The van der Waals surface area contributed by atoms with E-state index in [1.165, 1.54) is 0 Å². The SMILES string of the molecule is Cc1cnc2c(c1)nc(N)n2CCNS(C)(=O)=O. The molecule has 0 radical (unpaired) electrons. The molecular weight excluding hydrogens is 254 g/mol. The molecule has 0 saturated carbocycles. The minimum atomic E-state index is -3.20. The van der Waals surface area contributed by atoms with Gasteiger partial charge in [-0.15, -0.1) is 0 Å². The Hall–Kier alpha value is -1.67. The minimum absolute atomic E-state index is 0.254. The molecular formula is C10H15N5O2S. The molecule has 0 aliphatic heterocycles. The summed E-state index contributed by atoms with van der Waals surface area (Å²) >= 11 is 0. The van der Waals surface area contributed by atoms with Gasteiger partial charge < -0.3 is 5.73 Å². The zero-order valence-corrected chi connectivity index (χ0v) is 11.0. The Bertz CT molecular complexity index is 677. The van der Waals surface area contributed by atoms with E-state index in [9.17, 15) is 8.42 Å². The predicted molar refractivity (Wildman–Crippen MR) is 69.5 cm³/mol. The molecule has 18 heavy (non-hydrogen) atoms. The largest absolute Gasteiger partial charge is 0.369 e. The van der Waals surface area contributed by atoms with E-state index >= 15 is 0 Å². The molecule has 0 bridgehead atoms. The predicted octanol–water partition coefficient (Wildman–Crippen LogP) is -0.129. The maximum absolute atomic E-state index is 11.0. The summed E-state index contributed by atoms with van der Waals surface area (Å²) < 4.78 is 26.0. The number of sulfonamides is 1. The van der Waals surface area contributed by atoms with Crippen molar-refractivity contribution in [1.82, 2.24) is 19.3 Å². The molecule has 7 nitrogen and oxygen atoms in total. The lowest BCUT2D eigenvalue weighted by molar-refractivity contribution is 0.580. The number of anilines is 1. The third kappa shape index (κ3) is 2.77. The Morgan fingerprint density at radius 1 is 1.50 bits per heavy atom. The van der Waals surface area contributed by atoms with Gasteiger partial charge in [-0.05, 0) is 18.6 Å². The second-order valence-electron chi connectivity index (χ2n) is 4.14. The van der Waals surface area contributed by atoms with Crippen molar-refractivity contribution in [2.24, 2.45) is 0 Å². The number of fused-ring (bicyclic) bond motifs is 1. The number of pyridine rings is 1. The molecule has 3 N–H and O–H groups in total. The van der Waals surface area contributed by atoms with Gasteiger partial charge in [-0.2, -0.15) is 0 Å². The molecule has 8 heteroatoms. The number of nitrogen functional groups attached to an aromatic ring is 1. The van der Waals surface area contributed by atoms with Gasteiger partial charge in [0.2, 0.25) is 16.0 Å². The maximum Gasteiger partial charge on any atom is 0.208 e. The highest BCUT2D eigenvalue weighted by atomic mass is 32.2. The minimum Gasteiger partial charge on any atom is -0.369 e. The first-order valence-corrected chi connectivity index (χ1v) is 7.29. The fourth-order valence-electron chi connectivity index (χ4n) is 1.69. The van der Waals surface area contributed by atoms with Crippen LogP contribution < -0.4 is 10.5 Å². The van der Waals surface area contributed by atoms with Gasteiger partial charge in [-0.25, -0.2) is 23.1 Å². The van der Waals surface area contributed by atoms with Crippen molar-refractivity contribution in [3.05, 3.63) is 17.8 Å². The molecule has 0 atom stereocenters. The summed E-state index contributed by atoms with van der Waals surface area (Å²) in [7, 11) is -3.20. The van der Waals surface area contributed by atoms with Crippen molar-refractivity contribution in [3.8, 4) is 0 Å². The number of hydrogen-bond acceptors (Lipinski definition) is 5. The number of aromatic nitrogens is 3. The highest BCUT2D eigenvalue weighted by Crippen LogP contribution is 2.16. The highest BCUT2D eigenvalue weighted by molar-refractivity contribution is 7.88. The number of nitrogens with one attached hydrogen (secondary N) is 1. The van der Waals surface area contributed by atoms with Crippen LogP contribution >= 0.6 is 0 Å². The lowest BCUT2D eigenvalue weighted by atomic mass is 10.3. The Kier molecular flexibility index (Phi) is 3.22. The number of nitrogens with two attached hydrogens (primary N) is 1. The van der Waals surface area contributed by atoms with Gasteiger partial charge in [0.25, 0.3) is 0 Å². The lowest BCUT2D eigenvalue weighted by Gasteiger charge is -2.06. The van der Waals surface area contributed by atoms with Gasteiger partial charge in [0.05, 0.1) is 6.26 Å². The van der Waals surface area contributed by atoms with Gasteiger partial charge in [-0.1, -0.05) is 0 Å². The third-order valence-electron chi connectivity index (χ3n) is 2.45. The first-order valence-electron chi connectivity index (χ1n) is 5.40. The van der Waals surface area contributed by atoms with E-state index in [4.69, 9.17) is 5.73 Å². The Labute approximate surface area is 105 Å². The van der Waals surface area contributed by atoms with Crippen molar-refractivity contribution >= 4 is 27.1 Å². The molecule has 98 valence electrons. The van der Waals surface area contributed by atoms with Crippen LogP contribution in [0.5, 0.6) is 0 Å². The second kappa shape index (κ2) is 4.54. The molecule has 2 rings (SSSR count). The standard InChI is InChI=1S/C10H15N5O2S/c1-7-5-8-9(12-6-7)15(10(11)14-8)4-3-13-18(2,16)17/h5-6,13H,3-4H2,1-2H3,(H2,11,14). The van der Waals surface area contributed by atoms with Crippen LogP contribution in [0, 0.1) is 6.92 Å². The second-order valence-corrected chi connectivity index (χ2v) is 5.98. The smallest absolute Gasteiger partial charge is 0.208 e. The van der Waals surface area contributed by atoms with Crippen LogP contribution in [0.25, 0.3) is 11.2 Å². The zero-order valence-electron chi connectivity index (χ0n) is 10.2. The molecule has 0 aromatic carbocycles. The molecule has 0 aliphatic carbocycles. The van der Waals surface area contributed by atoms with Crippen molar-refractivity contribution < 1.29 is 8.42 Å². The summed E-state index contributed by atoms with van der Waals surface area (Å²) in [4.78, 5) is 8.45. The number of rotatable bonds is 4. The van der Waals surface area contributed by atoms with Gasteiger partial charge in [0.15, 0.2) is 5.65 Å². The normalized spacial score (nSPS) is 12.1. The van der Waals surface area contributed by atoms with Crippen LogP contribution in [0.3, 0.4) is 0 Å². The van der Waals surface area contributed by atoms with Gasteiger partial charge in [0, 0.05) is 19.3 Å². The van der Waals surface area contributed by atoms with E-state index in [-0.39, 0.29) is 6.54 Å². The molecule has 0 saturated heterocycles. The highest BCUT2D eigenvalue weighted by Gasteiger charge is 2.09. The van der Waals surface area contributed by atoms with Crippen LogP contribution in [0.15, 0.2) is 12.3 Å². The summed E-state index contributed by atoms with van der Waals surface area (Å²) in [6, 6.07) is 1.89. The van der Waals surface area contributed by atoms with Gasteiger partial charge in [-0.3, -0.25) is 4.57 Å². The van der Waals surface area contributed by atoms with E-state index in [0.717, 1.165) is 11.8 Å². The third-order valence-corrected chi connectivity index (χ3v) is 3.18. The molecule has 2 heterocycles. The van der Waals surface area contributed by atoms with Crippen LogP contribution in [0.4, 0.5) is 5.95 Å². The average molecular weight is 269 g/mol. The van der Waals surface area contributed by atoms with Crippen molar-refractivity contribution in [3.63, 3.8) is 0 Å². The quantitative estimate of drug-likeness (QED) is 0.805. The van der Waals surface area contributed by atoms with Crippen molar-refractivity contribution in [2.75, 3.05) is 18.5 Å². The molecule has 0 fully saturated rings. The summed E-state index contributed by atoms with van der Waals surface area (Å²) in [5, 5.41) is 0. The topological polar surface area (TPSA) is 103 Å². The first kappa shape index (κ1) is 12.8. The van der Waals surface area contributed by atoms with Crippen LogP contribution in [0.1, 0.15) is 5.56 Å². The van der Waals surface area contributed by atoms with Crippen molar-refractivity contribution in [1.29, 1.82) is 0 Å². The molecule has 0 unspecified atom stereocenters. The summed E-state index contributed by atoms with van der Waals surface area (Å²) in [5.74, 6) is 0.332. The van der Waals surface area contributed by atoms with Crippen LogP contribution in [-0.4, -0.2) is 35.8 Å². The Balaban J connectivity index is 2.25. The first-order chi connectivity index (χ1) is 8.37. The van der Waals surface area contributed by atoms with E-state index < -0.39 is 10.0 Å². The monoisotopic (exact) mass is 269 g/mol. The number of aryl methyl sites for hydroxylation is 1. The number of imidazole rings is 1. The zero-order chi connectivity index (χ0) is 13.3. The molecule has 0 amide bonds. The summed E-state index contributed by atoms with van der Waals surface area (Å²) in [6.45, 7) is 2.57. The fourth-order valence-corrected chi connectivity index (χ4v) is 2.15. The maximum atomic E-state index is 11.0. The molecule has 2 aromatic rings. The van der Waals surface area contributed by atoms with Crippen LogP contribution in [-0.2, 0) is 16.6 Å². The van der Waals surface area contributed by atoms with E-state index in [1.54, 1.807) is 10.8 Å². The summed E-state index contributed by atoms with van der Waals surface area (Å²) in [5.41, 5.74) is 8.16. The van der Waals surface area contributed by atoms with Gasteiger partial charge in [0.1, 0.15) is 5.52 Å². The molecule has 0 aliphatic rings. The summed E-state index contributed by atoms with van der Waals surface area (Å²) in [6.07, 6.45) is 2.84. The van der Waals surface area contributed by atoms with Crippen molar-refractivity contribution in [2.45, 2.75) is 13.5 Å². The molecule has 2 aromatic heterocycles. The van der Waals surface area contributed by atoms with Gasteiger partial charge >= 0.3 is 0 Å². The Morgan fingerprint density at radius 2 is 2.22 bits per heavy atom.